The molecule has 0 radical (unpaired) electrons. The van der Waals surface area contributed by atoms with Crippen LogP contribution in [0.3, 0.4) is 0 Å². The van der Waals surface area contributed by atoms with Gasteiger partial charge in [-0.15, -0.1) is 0 Å². The largest absolute Gasteiger partial charge is 0.342 e. The van der Waals surface area contributed by atoms with Crippen molar-refractivity contribution in [2.45, 2.75) is 12.5 Å². The maximum atomic E-state index is 13.3. The summed E-state index contributed by atoms with van der Waals surface area (Å²) in [5, 5.41) is 2.92. The Hall–Kier alpha value is -2.41. The van der Waals surface area contributed by atoms with Crippen molar-refractivity contribution in [3.05, 3.63) is 59.9 Å². The number of nitrogens with zero attached hydrogens (tertiary/aromatic N) is 2. The molecule has 3 rings (SSSR count). The van der Waals surface area contributed by atoms with E-state index >= 15 is 0 Å². The number of imidazole rings is 1. The number of halogens is 1. The van der Waals surface area contributed by atoms with Gasteiger partial charge in [0.1, 0.15) is 11.6 Å². The summed E-state index contributed by atoms with van der Waals surface area (Å²) in [5.74, 6) is 0.659. The molecular weight excluding hydrogens is 327 g/mol. The molecule has 0 aliphatic carbocycles. The van der Waals surface area contributed by atoms with Crippen LogP contribution < -0.4 is 5.32 Å². The van der Waals surface area contributed by atoms with Crippen molar-refractivity contribution in [2.24, 2.45) is 0 Å². The first-order chi connectivity index (χ1) is 11.7. The van der Waals surface area contributed by atoms with Gasteiger partial charge in [-0.05, 0) is 36.6 Å². The van der Waals surface area contributed by atoms with Crippen LogP contribution in [0.25, 0.3) is 11.0 Å². The summed E-state index contributed by atoms with van der Waals surface area (Å²) in [6, 6.07) is 8.60. The minimum absolute atomic E-state index is 0.195. The number of pyridine rings is 1. The standard InChI is InChI=1S/C17H17FN4OS/c1-24-7-6-15(16-20-13-4-2-3-5-14(13)21-16)22-17(23)11-8-12(18)10-19-9-11/h2-5,8-10,15H,6-7H2,1H3,(H,20,21)(H,22,23)/t15-/m0/s1. The second kappa shape index (κ2) is 7.44. The predicted molar refractivity (Wildman–Crippen MR) is 93.5 cm³/mol. The number of aromatic amines is 1. The second-order valence-corrected chi connectivity index (χ2v) is 6.32. The number of hydrogen-bond acceptors (Lipinski definition) is 4. The van der Waals surface area contributed by atoms with E-state index in [0.29, 0.717) is 5.82 Å². The molecule has 0 aliphatic rings. The van der Waals surface area contributed by atoms with Crippen LogP contribution in [0.1, 0.15) is 28.6 Å². The Kier molecular flexibility index (Phi) is 5.10. The minimum Gasteiger partial charge on any atom is -0.342 e. The van der Waals surface area contributed by atoms with Crippen LogP contribution in [0, 0.1) is 5.82 Å². The zero-order chi connectivity index (χ0) is 16.9. The number of para-hydroxylation sites is 2. The van der Waals surface area contributed by atoms with Crippen molar-refractivity contribution in [1.82, 2.24) is 20.3 Å². The third-order valence-corrected chi connectivity index (χ3v) is 4.26. The third-order valence-electron chi connectivity index (χ3n) is 3.62. The molecular formula is C17H17FN4OS. The van der Waals surface area contributed by atoms with E-state index in [4.69, 9.17) is 0 Å². The molecule has 0 unspecified atom stereocenters. The van der Waals surface area contributed by atoms with Gasteiger partial charge in [0.05, 0.1) is 28.8 Å². The number of hydrogen-bond donors (Lipinski definition) is 2. The fourth-order valence-corrected chi connectivity index (χ4v) is 2.90. The topological polar surface area (TPSA) is 70.7 Å². The van der Waals surface area contributed by atoms with Crippen LogP contribution in [0.15, 0.2) is 42.7 Å². The monoisotopic (exact) mass is 344 g/mol. The molecule has 0 aliphatic heterocycles. The minimum atomic E-state index is -0.535. The molecule has 1 aromatic carbocycles. The normalized spacial score (nSPS) is 12.2. The lowest BCUT2D eigenvalue weighted by Gasteiger charge is -2.16. The van der Waals surface area contributed by atoms with Gasteiger partial charge in [-0.25, -0.2) is 9.37 Å². The molecule has 2 N–H and O–H groups in total. The van der Waals surface area contributed by atoms with Crippen molar-refractivity contribution in [1.29, 1.82) is 0 Å². The summed E-state index contributed by atoms with van der Waals surface area (Å²) in [7, 11) is 0. The molecule has 0 spiro atoms. The molecule has 5 nitrogen and oxygen atoms in total. The van der Waals surface area contributed by atoms with Gasteiger partial charge < -0.3 is 10.3 Å². The van der Waals surface area contributed by atoms with Crippen molar-refractivity contribution < 1.29 is 9.18 Å². The fraction of sp³-hybridized carbons (Fsp3) is 0.235. The maximum absolute atomic E-state index is 13.3. The van der Waals surface area contributed by atoms with Gasteiger partial charge in [0.2, 0.25) is 0 Å². The van der Waals surface area contributed by atoms with Gasteiger partial charge in [0, 0.05) is 6.20 Å². The van der Waals surface area contributed by atoms with E-state index in [1.807, 2.05) is 30.5 Å². The first-order valence-electron chi connectivity index (χ1n) is 7.52. The van der Waals surface area contributed by atoms with Crippen molar-refractivity contribution in [2.75, 3.05) is 12.0 Å². The highest BCUT2D eigenvalue weighted by molar-refractivity contribution is 7.98. The summed E-state index contributed by atoms with van der Waals surface area (Å²) < 4.78 is 13.3. The molecule has 3 aromatic rings. The number of carbonyl (C=O) groups excluding carboxylic acids is 1. The Labute approximate surface area is 143 Å². The van der Waals surface area contributed by atoms with Crippen LogP contribution in [-0.4, -0.2) is 32.9 Å². The average Bonchev–Trinajstić information content (AvgIpc) is 3.02. The number of benzene rings is 1. The SMILES string of the molecule is CSCC[C@H](NC(=O)c1cncc(F)c1)c1nc2ccccc2[nH]1. The molecule has 2 heterocycles. The Balaban J connectivity index is 1.84. The zero-order valence-electron chi connectivity index (χ0n) is 13.1. The lowest BCUT2D eigenvalue weighted by molar-refractivity contribution is 0.0933. The molecule has 0 fully saturated rings. The van der Waals surface area contributed by atoms with Gasteiger partial charge in [-0.2, -0.15) is 11.8 Å². The number of thioether (sulfide) groups is 1. The van der Waals surface area contributed by atoms with Crippen molar-refractivity contribution >= 4 is 28.7 Å². The Morgan fingerprint density at radius 2 is 2.21 bits per heavy atom. The van der Waals surface area contributed by atoms with Crippen LogP contribution in [-0.2, 0) is 0 Å². The zero-order valence-corrected chi connectivity index (χ0v) is 13.9. The molecule has 0 bridgehead atoms. The van der Waals surface area contributed by atoms with E-state index in [2.05, 4.69) is 20.3 Å². The first-order valence-corrected chi connectivity index (χ1v) is 8.92. The van der Waals surface area contributed by atoms with Gasteiger partial charge in [0.25, 0.3) is 5.91 Å². The number of rotatable bonds is 6. The van der Waals surface area contributed by atoms with E-state index < -0.39 is 5.82 Å². The Morgan fingerprint density at radius 3 is 2.96 bits per heavy atom. The van der Waals surface area contributed by atoms with Crippen molar-refractivity contribution in [3.8, 4) is 0 Å². The molecule has 1 atom stereocenters. The first kappa shape index (κ1) is 16.4. The second-order valence-electron chi connectivity index (χ2n) is 5.34. The summed E-state index contributed by atoms with van der Waals surface area (Å²) in [6.45, 7) is 0. The summed E-state index contributed by atoms with van der Waals surface area (Å²) in [6.07, 6.45) is 5.15. The fourth-order valence-electron chi connectivity index (χ4n) is 2.43. The predicted octanol–water partition coefficient (Wildman–Crippen LogP) is 3.32. The van der Waals surface area contributed by atoms with Gasteiger partial charge in [0.15, 0.2) is 0 Å². The molecule has 2 aromatic heterocycles. The van der Waals surface area contributed by atoms with E-state index in [9.17, 15) is 9.18 Å². The van der Waals surface area contributed by atoms with E-state index in [1.54, 1.807) is 11.8 Å². The lowest BCUT2D eigenvalue weighted by atomic mass is 10.2. The quantitative estimate of drug-likeness (QED) is 0.720. The Morgan fingerprint density at radius 1 is 1.38 bits per heavy atom. The maximum Gasteiger partial charge on any atom is 0.253 e. The molecule has 0 saturated carbocycles. The highest BCUT2D eigenvalue weighted by Gasteiger charge is 2.19. The number of H-pyrrole nitrogens is 1. The average molecular weight is 344 g/mol. The highest BCUT2D eigenvalue weighted by atomic mass is 32.2. The van der Waals surface area contributed by atoms with Gasteiger partial charge >= 0.3 is 0 Å². The number of carbonyl (C=O) groups is 1. The molecule has 24 heavy (non-hydrogen) atoms. The lowest BCUT2D eigenvalue weighted by Crippen LogP contribution is -2.30. The summed E-state index contributed by atoms with van der Waals surface area (Å²) >= 11 is 1.69. The van der Waals surface area contributed by atoms with Gasteiger partial charge in [-0.1, -0.05) is 12.1 Å². The van der Waals surface area contributed by atoms with Crippen LogP contribution in [0.4, 0.5) is 4.39 Å². The number of fused-ring (bicyclic) bond motifs is 1. The third kappa shape index (κ3) is 3.73. The van der Waals surface area contributed by atoms with Crippen molar-refractivity contribution in [3.63, 3.8) is 0 Å². The smallest absolute Gasteiger partial charge is 0.253 e. The van der Waals surface area contributed by atoms with E-state index in [-0.39, 0.29) is 17.5 Å². The number of aromatic nitrogens is 3. The number of amides is 1. The van der Waals surface area contributed by atoms with Gasteiger partial charge in [-0.3, -0.25) is 9.78 Å². The van der Waals surface area contributed by atoms with Crippen LogP contribution >= 0.6 is 11.8 Å². The van der Waals surface area contributed by atoms with Crippen LogP contribution in [0.5, 0.6) is 0 Å². The van der Waals surface area contributed by atoms with Crippen LogP contribution in [0.2, 0.25) is 0 Å². The number of nitrogens with one attached hydrogen (secondary N) is 2. The summed E-state index contributed by atoms with van der Waals surface area (Å²) in [5.41, 5.74) is 1.96. The molecule has 0 saturated heterocycles. The highest BCUT2D eigenvalue weighted by Crippen LogP contribution is 2.20. The molecule has 1 amide bonds. The molecule has 7 heteroatoms. The summed E-state index contributed by atoms with van der Waals surface area (Å²) in [4.78, 5) is 23.9. The molecule has 124 valence electrons. The van der Waals surface area contributed by atoms with E-state index in [0.717, 1.165) is 29.4 Å². The van der Waals surface area contributed by atoms with E-state index in [1.165, 1.54) is 12.3 Å². The Bertz CT molecular complexity index is 818.